The third-order valence-corrected chi connectivity index (χ3v) is 3.11. The summed E-state index contributed by atoms with van der Waals surface area (Å²) in [5.41, 5.74) is 2.50. The first-order valence-electron chi connectivity index (χ1n) is 5.62. The third-order valence-electron chi connectivity index (χ3n) is 2.50. The molecule has 20 heavy (non-hydrogen) atoms. The second-order valence-corrected chi connectivity index (χ2v) is 4.72. The fourth-order valence-electron chi connectivity index (χ4n) is 1.53. The van der Waals surface area contributed by atoms with Gasteiger partial charge in [0.2, 0.25) is 5.89 Å². The number of halogens is 3. The molecule has 0 radical (unpaired) electrons. The van der Waals surface area contributed by atoms with Crippen LogP contribution in [0.2, 0.25) is 0 Å². The van der Waals surface area contributed by atoms with Crippen LogP contribution in [0.1, 0.15) is 11.5 Å². The lowest BCUT2D eigenvalue weighted by atomic mass is 10.1. The third kappa shape index (κ3) is 3.61. The van der Waals surface area contributed by atoms with Crippen LogP contribution in [0.25, 0.3) is 0 Å². The van der Waals surface area contributed by atoms with Gasteiger partial charge in [0.15, 0.2) is 0 Å². The Hall–Kier alpha value is -1.80. The lowest BCUT2D eigenvalue weighted by Gasteiger charge is -2.07. The van der Waals surface area contributed by atoms with Crippen LogP contribution in [0.15, 0.2) is 38.5 Å². The molecule has 0 amide bonds. The monoisotopic (exact) mass is 344 g/mol. The van der Waals surface area contributed by atoms with Crippen LogP contribution in [-0.4, -0.2) is 10.8 Å². The zero-order valence-corrected chi connectivity index (χ0v) is 11.8. The van der Waals surface area contributed by atoms with Crippen LogP contribution in [0.5, 0.6) is 0 Å². The molecular weight excluding hydrogens is 334 g/mol. The minimum absolute atomic E-state index is 0.0350. The largest absolute Gasteiger partial charge is 0.447 e. The molecule has 0 saturated carbocycles. The van der Waals surface area contributed by atoms with E-state index < -0.39 is 11.6 Å². The Morgan fingerprint density at radius 3 is 2.85 bits per heavy atom. The molecule has 0 saturated heterocycles. The summed E-state index contributed by atoms with van der Waals surface area (Å²) >= 11 is 2.91. The quantitative estimate of drug-likeness (QED) is 0.293. The summed E-state index contributed by atoms with van der Waals surface area (Å²) in [4.78, 5) is 7.99. The van der Waals surface area contributed by atoms with E-state index in [9.17, 15) is 8.78 Å². The highest BCUT2D eigenvalue weighted by Crippen LogP contribution is 2.20. The van der Waals surface area contributed by atoms with Crippen molar-refractivity contribution in [3.63, 3.8) is 0 Å². The van der Waals surface area contributed by atoms with Gasteiger partial charge < -0.3 is 9.84 Å². The smallest absolute Gasteiger partial charge is 0.215 e. The Morgan fingerprint density at radius 2 is 2.20 bits per heavy atom. The highest BCUT2D eigenvalue weighted by molar-refractivity contribution is 9.10. The van der Waals surface area contributed by atoms with Gasteiger partial charge in [0, 0.05) is 6.42 Å². The van der Waals surface area contributed by atoms with Gasteiger partial charge in [-0.3, -0.25) is 4.99 Å². The van der Waals surface area contributed by atoms with Crippen LogP contribution < -0.4 is 11.3 Å². The second kappa shape index (κ2) is 6.58. The second-order valence-electron chi connectivity index (χ2n) is 3.87. The number of hydrogen-bond acceptors (Lipinski definition) is 4. The molecule has 0 bridgehead atoms. The van der Waals surface area contributed by atoms with E-state index in [1.54, 1.807) is 0 Å². The summed E-state index contributed by atoms with van der Waals surface area (Å²) in [6.45, 7) is 0.160. The molecule has 2 rings (SSSR count). The predicted molar refractivity (Wildman–Crippen MR) is 72.7 cm³/mol. The summed E-state index contributed by atoms with van der Waals surface area (Å²) in [6.07, 6.45) is 2.95. The molecule has 0 aliphatic carbocycles. The van der Waals surface area contributed by atoms with Crippen molar-refractivity contribution in [1.82, 2.24) is 10.4 Å². The molecule has 1 aromatic carbocycles. The van der Waals surface area contributed by atoms with Crippen molar-refractivity contribution in [3.8, 4) is 0 Å². The fourth-order valence-corrected chi connectivity index (χ4v) is 1.84. The van der Waals surface area contributed by atoms with Gasteiger partial charge >= 0.3 is 0 Å². The molecule has 8 heteroatoms. The Labute approximate surface area is 122 Å². The first kappa shape index (κ1) is 14.6. The van der Waals surface area contributed by atoms with Crippen molar-refractivity contribution >= 4 is 21.8 Å². The summed E-state index contributed by atoms with van der Waals surface area (Å²) in [6, 6.07) is 2.16. The molecule has 0 atom stereocenters. The van der Waals surface area contributed by atoms with Crippen molar-refractivity contribution in [2.75, 3.05) is 0 Å². The first-order chi connectivity index (χ1) is 9.60. The highest BCUT2D eigenvalue weighted by atomic mass is 79.9. The van der Waals surface area contributed by atoms with E-state index >= 15 is 0 Å². The average molecular weight is 345 g/mol. The van der Waals surface area contributed by atoms with Gasteiger partial charge in [-0.25, -0.2) is 19.6 Å². The predicted octanol–water partition coefficient (Wildman–Crippen LogP) is 2.32. The minimum Gasteiger partial charge on any atom is -0.447 e. The summed E-state index contributed by atoms with van der Waals surface area (Å²) in [5.74, 6) is 4.92. The summed E-state index contributed by atoms with van der Waals surface area (Å²) in [5, 5.41) is 0. The number of nitrogens with one attached hydrogen (secondary N) is 1. The molecule has 0 aliphatic heterocycles. The zero-order chi connectivity index (χ0) is 14.5. The van der Waals surface area contributed by atoms with Gasteiger partial charge in [-0.15, -0.1) is 0 Å². The van der Waals surface area contributed by atoms with E-state index in [2.05, 4.69) is 31.3 Å². The number of amidine groups is 1. The van der Waals surface area contributed by atoms with E-state index in [0.717, 1.165) is 12.1 Å². The molecule has 0 spiro atoms. The van der Waals surface area contributed by atoms with Crippen LogP contribution >= 0.6 is 15.9 Å². The molecular formula is C12H11BrF2N4O. The Bertz CT molecular complexity index is 616. The van der Waals surface area contributed by atoms with Crippen molar-refractivity contribution in [1.29, 1.82) is 0 Å². The lowest BCUT2D eigenvalue weighted by molar-refractivity contribution is 0.497. The fraction of sp³-hybridized carbons (Fsp3) is 0.167. The van der Waals surface area contributed by atoms with Gasteiger partial charge in [-0.1, -0.05) is 0 Å². The maximum Gasteiger partial charge on any atom is 0.215 e. The summed E-state index contributed by atoms with van der Waals surface area (Å²) < 4.78 is 32.2. The van der Waals surface area contributed by atoms with Crippen molar-refractivity contribution in [2.45, 2.75) is 13.0 Å². The van der Waals surface area contributed by atoms with E-state index in [1.165, 1.54) is 12.5 Å². The van der Waals surface area contributed by atoms with Gasteiger partial charge in [0.1, 0.15) is 30.3 Å². The van der Waals surface area contributed by atoms with Crippen LogP contribution in [0.4, 0.5) is 8.78 Å². The minimum atomic E-state index is -0.550. The molecule has 1 heterocycles. The van der Waals surface area contributed by atoms with E-state index in [1.807, 2.05) is 0 Å². The van der Waals surface area contributed by atoms with E-state index in [0.29, 0.717) is 11.7 Å². The number of benzene rings is 1. The Balaban J connectivity index is 2.13. The molecule has 106 valence electrons. The lowest BCUT2D eigenvalue weighted by Crippen LogP contribution is -2.32. The van der Waals surface area contributed by atoms with Crippen molar-refractivity contribution < 1.29 is 13.2 Å². The van der Waals surface area contributed by atoms with Crippen LogP contribution in [0, 0.1) is 11.6 Å². The molecule has 0 fully saturated rings. The number of nitrogens with zero attached hydrogens (tertiary/aromatic N) is 2. The normalized spacial score (nSPS) is 11.7. The highest BCUT2D eigenvalue weighted by Gasteiger charge is 2.10. The number of aromatic nitrogens is 1. The Morgan fingerprint density at radius 1 is 1.40 bits per heavy atom. The van der Waals surface area contributed by atoms with Crippen molar-refractivity contribution in [2.24, 2.45) is 10.8 Å². The average Bonchev–Trinajstić information content (AvgIpc) is 2.93. The molecule has 3 N–H and O–H groups in total. The molecule has 2 aromatic rings. The van der Waals surface area contributed by atoms with Gasteiger partial charge in [0.25, 0.3) is 0 Å². The van der Waals surface area contributed by atoms with Crippen molar-refractivity contribution in [3.05, 3.63) is 52.2 Å². The number of rotatable bonds is 4. The molecule has 0 aliphatic rings. The number of nitrogens with two attached hydrogens (primary N) is 1. The number of oxazole rings is 1. The van der Waals surface area contributed by atoms with E-state index in [-0.39, 0.29) is 23.0 Å². The van der Waals surface area contributed by atoms with Gasteiger partial charge in [0.05, 0.1) is 10.7 Å². The number of hydrazine groups is 1. The maximum atomic E-state index is 13.7. The molecule has 0 unspecified atom stereocenters. The van der Waals surface area contributed by atoms with Gasteiger partial charge in [-0.05, 0) is 33.6 Å². The Kier molecular flexibility index (Phi) is 4.80. The maximum absolute atomic E-state index is 13.7. The first-order valence-corrected chi connectivity index (χ1v) is 6.41. The van der Waals surface area contributed by atoms with Gasteiger partial charge in [-0.2, -0.15) is 0 Å². The summed E-state index contributed by atoms with van der Waals surface area (Å²) in [7, 11) is 0. The van der Waals surface area contributed by atoms with E-state index in [4.69, 9.17) is 10.3 Å². The molecule has 1 aromatic heterocycles. The SMILES string of the molecule is NNC(Cc1cc(F)c(Br)cc1F)=NCc1ncco1. The van der Waals surface area contributed by atoms with Crippen LogP contribution in [-0.2, 0) is 13.0 Å². The molecule has 5 nitrogen and oxygen atoms in total. The standard InChI is InChI=1S/C12H11BrF2N4O/c13-8-5-9(14)7(3-10(8)15)4-11(19-16)18-6-12-17-1-2-20-12/h1-3,5H,4,6,16H2,(H,18,19). The topological polar surface area (TPSA) is 76.4 Å². The number of aliphatic imine (C=N–C) groups is 1. The number of hydrogen-bond donors (Lipinski definition) is 2. The zero-order valence-electron chi connectivity index (χ0n) is 10.2. The van der Waals surface area contributed by atoms with Crippen LogP contribution in [0.3, 0.4) is 0 Å².